The van der Waals surface area contributed by atoms with Gasteiger partial charge in [0.1, 0.15) is 84.5 Å². The number of nitrogens with one attached hydrogen (secondary N) is 15. The molecule has 47 heteroatoms. The summed E-state index contributed by atoms with van der Waals surface area (Å²) >= 11 is 0. The number of amides is 16. The monoisotopic (exact) mass is 1690 g/mol. The second kappa shape index (κ2) is 45.0. The smallest absolute Gasteiger partial charge is 0.323 e. The lowest BCUT2D eigenvalue weighted by molar-refractivity contribution is -0.146. The Labute approximate surface area is 681 Å². The van der Waals surface area contributed by atoms with Crippen LogP contribution in [0.4, 0.5) is 4.79 Å². The molecule has 12 atom stereocenters. The highest BCUT2D eigenvalue weighted by Gasteiger charge is 2.43. The molecule has 640 valence electrons. The lowest BCUT2D eigenvalue weighted by Gasteiger charge is -2.31. The number of primary amides is 2. The zero-order chi connectivity index (χ0) is 86.4. The van der Waals surface area contributed by atoms with Gasteiger partial charge in [-0.3, -0.25) is 86.8 Å². The number of likely N-dealkylation sites (N-methyl/N-ethyl adjacent to an activating group) is 1. The van der Waals surface area contributed by atoms with Gasteiger partial charge in [0.2, 0.25) is 76.8 Å². The summed E-state index contributed by atoms with van der Waals surface area (Å²) in [6, 6.07) is -8.56. The van der Waals surface area contributed by atoms with Crippen molar-refractivity contribution >= 4 is 145 Å². The maximum absolute atomic E-state index is 15.4. The van der Waals surface area contributed by atoms with Crippen LogP contribution in [0.5, 0.6) is 5.75 Å². The molecule has 5 heterocycles. The van der Waals surface area contributed by atoms with E-state index < -0.39 is 248 Å². The fourth-order valence-corrected chi connectivity index (χ4v) is 15.0. The van der Waals surface area contributed by atoms with Gasteiger partial charge in [-0.2, -0.15) is 0 Å². The van der Waals surface area contributed by atoms with Gasteiger partial charge in [-0.05, 0) is 94.5 Å². The summed E-state index contributed by atoms with van der Waals surface area (Å²) < 4.78 is 1.19. The Hall–Kier alpha value is -12.7. The summed E-state index contributed by atoms with van der Waals surface area (Å²) in [6.07, 6.45) is -2.82. The fraction of sp³-hybridized carbons (Fsp3) is 0.493. The first-order chi connectivity index (χ1) is 56.1. The number of carbonyl (C=O) groups excluding carboxylic acids is 15. The molecule has 7 rings (SSSR count). The van der Waals surface area contributed by atoms with Crippen LogP contribution in [0.1, 0.15) is 94.4 Å². The largest absolute Gasteiger partial charge is 0.508 e. The van der Waals surface area contributed by atoms with Crippen molar-refractivity contribution < 1.29 is 102 Å². The van der Waals surface area contributed by atoms with Crippen LogP contribution >= 0.6 is 21.6 Å². The van der Waals surface area contributed by atoms with Gasteiger partial charge in [0.05, 0.1) is 24.8 Å². The number of urea groups is 1. The molecule has 45 nitrogen and oxygen atoms in total. The van der Waals surface area contributed by atoms with Crippen LogP contribution in [0.25, 0.3) is 17.0 Å². The minimum atomic E-state index is -2.07. The first kappa shape index (κ1) is 92.5. The SMILES string of the molecule is C[C@H](O)[C@H]1NC(=O)[C@@H]2Cc3cn(nn3)CCC[C@@H](C(=O)N[C@@H](Cc3ccc(O)cc3)C(=O)N(C)CC(=O)O)NC(=O)[C@H](CCC(N)=O)NC(=O)/C(=C/c3c[nH]c4ccccc34)NC(=O)[C@H](CCCNC(N)=O)NC(=O)C(CSSC[C@@H](NC(=O)CN)C(=O)N2)NC(=O)[C@H](CCCNC(=N)N)NC(=O)[C@H]2CCCN2C(=O)[C@H](CC(=O)O)NC1=O. The number of guanidine groups is 1. The van der Waals surface area contributed by atoms with Gasteiger partial charge in [-0.25, -0.2) is 4.79 Å². The standard InChI is InChI=1S/C71H98N24O21S2/c1-35(96)57-67(113)88-49(28-55(100)101)69(115)95-24-8-14-52(95)66(112)84-43(11-5-21-77-70(74)75)60(106)89-51-34-118-117-33-50(80-54(99)29-72)64(110)86-47(63(109)90-57)27-38-31-94(92-91-38)23-7-13-44(59(105)87-48(68(114)93(2)32-56(102)103)25-36-15-17-39(97)18-16-36)81-61(107)45(19-20-53(73)98)83-62(108)46(26-37-30-79-41-10-4-3-9-40(37)41)85-58(104)42(82-65(51)111)12-6-22-78-71(76)116/h3-4,9-10,15-18,26,30-31,35,42-45,47-52,57,79,96-97H,5-8,11-14,19-25,27-29,32-34,72H2,1-2H3,(H2,73,98)(H,80,99)(H,81,107)(H,82,111)(H,83,108)(H,84,112)(H,85,104)(H,86,110)(H,87,105)(H,88,113)(H,89,106)(H,90,109)(H,100,101)(H,102,103)(H4,74,75,77)(H3,76,78,116)/b46-26-/t35-,42-,43-,44-,45-,47-,48-,49-,50+,51?,52+,57+/m0/s1. The number of nitrogens with zero attached hydrogens (tertiary/aromatic N) is 5. The Morgan fingerprint density at radius 2 is 1.35 bits per heavy atom. The number of aromatic amines is 1. The Morgan fingerprint density at radius 1 is 0.712 bits per heavy atom. The number of aryl methyl sites for hydroxylation is 1. The van der Waals surface area contributed by atoms with Gasteiger partial charge < -0.3 is 127 Å². The van der Waals surface area contributed by atoms with E-state index in [0.29, 0.717) is 16.5 Å². The molecule has 1 unspecified atom stereocenters. The zero-order valence-electron chi connectivity index (χ0n) is 64.2. The Morgan fingerprint density at radius 3 is 2.02 bits per heavy atom. The highest BCUT2D eigenvalue weighted by Crippen LogP contribution is 2.26. The third kappa shape index (κ3) is 28.7. The topological polar surface area (TPSA) is 708 Å². The van der Waals surface area contributed by atoms with E-state index in [2.05, 4.69) is 84.4 Å². The van der Waals surface area contributed by atoms with Gasteiger partial charge in [0.15, 0.2) is 5.96 Å². The molecule has 27 N–H and O–H groups in total. The molecular formula is C71H98N24O21S2. The first-order valence-electron chi connectivity index (χ1n) is 37.4. The predicted octanol–water partition coefficient (Wildman–Crippen LogP) is -7.23. The lowest BCUT2D eigenvalue weighted by atomic mass is 10.0. The number of benzene rings is 2. The average molecular weight is 1690 g/mol. The van der Waals surface area contributed by atoms with Crippen molar-refractivity contribution in [1.82, 2.24) is 98.9 Å². The van der Waals surface area contributed by atoms with Gasteiger partial charge in [-0.1, -0.05) is 57.1 Å². The van der Waals surface area contributed by atoms with Crippen LogP contribution in [0.3, 0.4) is 0 Å². The number of hydrogen-bond donors (Lipinski definition) is 23. The molecule has 3 aliphatic heterocycles. The number of aromatic nitrogens is 4. The molecule has 0 saturated carbocycles. The van der Waals surface area contributed by atoms with Crippen molar-refractivity contribution in [3.63, 3.8) is 0 Å². The van der Waals surface area contributed by atoms with Crippen LogP contribution in [-0.2, 0) is 96.1 Å². The number of hydrogen-bond acceptors (Lipinski definition) is 25. The van der Waals surface area contributed by atoms with Gasteiger partial charge in [0, 0.05) is 92.9 Å². The highest BCUT2D eigenvalue weighted by atomic mass is 33.1. The number of carbonyl (C=O) groups is 17. The number of carboxylic acid groups (broad SMARTS) is 2. The number of fused-ring (bicyclic) bond motifs is 12. The summed E-state index contributed by atoms with van der Waals surface area (Å²) in [5.74, 6) is -20.4. The number of phenolic OH excluding ortho intramolecular Hbond substituents is 1. The molecule has 0 radical (unpaired) electrons. The number of para-hydroxylation sites is 1. The number of rotatable bonds is 24. The van der Waals surface area contributed by atoms with Crippen molar-refractivity contribution in [2.75, 3.05) is 51.3 Å². The van der Waals surface area contributed by atoms with E-state index in [9.17, 15) is 73.2 Å². The van der Waals surface area contributed by atoms with Gasteiger partial charge in [0.25, 0.3) is 5.91 Å². The van der Waals surface area contributed by atoms with Crippen LogP contribution in [0, 0.1) is 5.41 Å². The van der Waals surface area contributed by atoms with Crippen LogP contribution in [-0.4, -0.2) is 281 Å². The number of phenols is 1. The van der Waals surface area contributed by atoms with Gasteiger partial charge >= 0.3 is 18.0 Å². The average Bonchev–Trinajstić information content (AvgIpc) is 1.63. The quantitative estimate of drug-likeness (QED) is 0.0102. The fourth-order valence-electron chi connectivity index (χ4n) is 12.7. The van der Waals surface area contributed by atoms with Crippen molar-refractivity contribution in [3.05, 3.63) is 83.4 Å². The summed E-state index contributed by atoms with van der Waals surface area (Å²) in [7, 11) is 2.73. The Balaban J connectivity index is 1.43. The molecule has 4 bridgehead atoms. The Bertz CT molecular complexity index is 4390. The summed E-state index contributed by atoms with van der Waals surface area (Å²) in [5, 5.41) is 90.2. The minimum Gasteiger partial charge on any atom is -0.508 e. The maximum atomic E-state index is 15.4. The number of aliphatic hydroxyl groups is 1. The minimum absolute atomic E-state index is 0.0401. The molecule has 2 saturated heterocycles. The van der Waals surface area contributed by atoms with Crippen LogP contribution < -0.4 is 92.1 Å². The third-order valence-corrected chi connectivity index (χ3v) is 21.2. The zero-order valence-corrected chi connectivity index (χ0v) is 65.9. The molecule has 16 amide bonds. The van der Waals surface area contributed by atoms with E-state index in [0.717, 1.165) is 45.4 Å². The lowest BCUT2D eigenvalue weighted by Crippen LogP contribution is -2.62. The highest BCUT2D eigenvalue weighted by molar-refractivity contribution is 8.76. The number of nitrogens with two attached hydrogens (primary N) is 4. The van der Waals surface area contributed by atoms with Crippen molar-refractivity contribution in [1.29, 1.82) is 5.41 Å². The third-order valence-electron chi connectivity index (χ3n) is 18.7. The molecule has 0 spiro atoms. The van der Waals surface area contributed by atoms with E-state index in [1.54, 1.807) is 24.3 Å². The molecule has 3 aliphatic rings. The Kier molecular flexibility index (Phi) is 35.3. The normalized spacial score (nSPS) is 22.9. The summed E-state index contributed by atoms with van der Waals surface area (Å²) in [4.78, 5) is 246. The van der Waals surface area contributed by atoms with Gasteiger partial charge in [-0.15, -0.1) is 5.10 Å². The second-order valence-electron chi connectivity index (χ2n) is 27.9. The first-order valence-corrected chi connectivity index (χ1v) is 39.9. The van der Waals surface area contributed by atoms with E-state index in [4.69, 9.17) is 28.3 Å². The van der Waals surface area contributed by atoms with Crippen LogP contribution in [0.15, 0.2) is 66.6 Å². The summed E-state index contributed by atoms with van der Waals surface area (Å²) in [6.45, 7) is -1.27. The molecule has 118 heavy (non-hydrogen) atoms. The van der Waals surface area contributed by atoms with E-state index >= 15 is 28.8 Å². The summed E-state index contributed by atoms with van der Waals surface area (Å²) in [5.41, 5.74) is 22.7. The number of aliphatic hydroxyl groups excluding tert-OH is 1. The molecule has 0 aliphatic carbocycles. The van der Waals surface area contributed by atoms with E-state index in [-0.39, 0.29) is 88.1 Å². The number of carboxylic acids is 2. The van der Waals surface area contributed by atoms with Crippen LogP contribution in [0.2, 0.25) is 0 Å². The second-order valence-corrected chi connectivity index (χ2v) is 30.4. The number of aromatic hydroxyl groups is 1. The van der Waals surface area contributed by atoms with E-state index in [1.165, 1.54) is 47.4 Å². The van der Waals surface area contributed by atoms with Crippen molar-refractivity contribution in [3.8, 4) is 5.75 Å². The van der Waals surface area contributed by atoms with Crippen molar-refractivity contribution in [2.45, 2.75) is 170 Å². The maximum Gasteiger partial charge on any atom is 0.323 e. The molecular weight excluding hydrogens is 1590 g/mol. The number of aliphatic carboxylic acids is 2. The van der Waals surface area contributed by atoms with E-state index in [1.807, 2.05) is 0 Å². The van der Waals surface area contributed by atoms with Crippen molar-refractivity contribution in [2.24, 2.45) is 22.9 Å². The molecule has 2 fully saturated rings. The number of H-pyrrole nitrogens is 1. The predicted molar refractivity (Wildman–Crippen MR) is 421 cm³/mol. The molecule has 4 aromatic rings. The molecule has 2 aromatic heterocycles. The molecule has 2 aromatic carbocycles.